The van der Waals surface area contributed by atoms with Crippen LogP contribution in [0.4, 0.5) is 0 Å². The van der Waals surface area contributed by atoms with Crippen LogP contribution in [0, 0.1) is 0 Å². The molecule has 0 amide bonds. The monoisotopic (exact) mass is 502 g/mol. The molecule has 4 atom stereocenters. The van der Waals surface area contributed by atoms with Crippen LogP contribution in [0.1, 0.15) is 56.3 Å². The molecule has 1 aliphatic heterocycles. The van der Waals surface area contributed by atoms with Gasteiger partial charge in [-0.1, -0.05) is 17.7 Å². The number of aromatic hydroxyl groups is 1. The molecule has 0 fully saturated rings. The van der Waals surface area contributed by atoms with Crippen molar-refractivity contribution in [2.45, 2.75) is 70.4 Å². The first-order valence-corrected chi connectivity index (χ1v) is 12.3. The molecular formula is C28H38O8. The van der Waals surface area contributed by atoms with E-state index in [1.807, 2.05) is 19.1 Å². The zero-order valence-corrected chi connectivity index (χ0v) is 21.8. The highest BCUT2D eigenvalue weighted by molar-refractivity contribution is 6.02. The normalized spacial score (nSPS) is 20.1. The Hall–Kier alpha value is -2.81. The molecule has 1 aromatic rings. The smallest absolute Gasteiger partial charge is 0.174 e. The number of carbonyl (C=O) groups excluding carboxylic acids is 1. The molecule has 0 saturated carbocycles. The Kier molecular flexibility index (Phi) is 9.98. The number of Topliss-reactive ketones (excluding diaryl/α,β-unsaturated/α-hetero) is 1. The Labute approximate surface area is 213 Å². The van der Waals surface area contributed by atoms with Gasteiger partial charge >= 0.3 is 0 Å². The first-order chi connectivity index (χ1) is 17.2. The molecule has 0 spiro atoms. The predicted octanol–water partition coefficient (Wildman–Crippen LogP) is 4.49. The van der Waals surface area contributed by atoms with E-state index >= 15 is 0 Å². The van der Waals surface area contributed by atoms with Crippen molar-refractivity contribution in [1.82, 2.24) is 0 Å². The summed E-state index contributed by atoms with van der Waals surface area (Å²) in [6.07, 6.45) is 6.69. The highest BCUT2D eigenvalue weighted by Gasteiger charge is 2.32. The third kappa shape index (κ3) is 7.12. The van der Waals surface area contributed by atoms with Crippen LogP contribution in [-0.2, 0) is 14.2 Å². The summed E-state index contributed by atoms with van der Waals surface area (Å²) in [5.74, 6) is 1.13. The lowest BCUT2D eigenvalue weighted by Gasteiger charge is -2.29. The van der Waals surface area contributed by atoms with Gasteiger partial charge in [0.2, 0.25) is 0 Å². The third-order valence-electron chi connectivity index (χ3n) is 6.53. The van der Waals surface area contributed by atoms with Crippen LogP contribution in [0.2, 0.25) is 0 Å². The number of benzene rings is 1. The Bertz CT molecular complexity index is 1010. The topological polar surface area (TPSA) is 104 Å². The maximum Gasteiger partial charge on any atom is 0.174 e. The Morgan fingerprint density at radius 2 is 1.97 bits per heavy atom. The summed E-state index contributed by atoms with van der Waals surface area (Å²) in [4.78, 5) is 13.2. The van der Waals surface area contributed by atoms with Crippen LogP contribution in [-0.4, -0.2) is 68.3 Å². The predicted molar refractivity (Wildman–Crippen MR) is 136 cm³/mol. The number of methoxy groups -OCH3 is 3. The van der Waals surface area contributed by atoms with Gasteiger partial charge in [-0.25, -0.2) is 0 Å². The fraction of sp³-hybridized carbons (Fsp3) is 0.536. The van der Waals surface area contributed by atoms with Crippen LogP contribution < -0.4 is 9.47 Å². The quantitative estimate of drug-likeness (QED) is 0.431. The molecule has 198 valence electrons. The van der Waals surface area contributed by atoms with E-state index in [4.69, 9.17) is 23.7 Å². The SMILES string of the molecule is COCC(CC[C@H](O)C(C)Oc1cc(O)cc2c1C(=O)CC(CC1=CC(C)=C(OC)C=CC1)O2)OC. The van der Waals surface area contributed by atoms with Gasteiger partial charge in [-0.2, -0.15) is 0 Å². The Morgan fingerprint density at radius 3 is 2.67 bits per heavy atom. The highest BCUT2D eigenvalue weighted by Crippen LogP contribution is 2.40. The summed E-state index contributed by atoms with van der Waals surface area (Å²) in [6.45, 7) is 4.15. The average molecular weight is 503 g/mol. The molecule has 3 unspecified atom stereocenters. The number of hydrogen-bond donors (Lipinski definition) is 2. The van der Waals surface area contributed by atoms with Gasteiger partial charge in [-0.3, -0.25) is 4.79 Å². The van der Waals surface area contributed by atoms with E-state index in [1.165, 1.54) is 12.1 Å². The lowest BCUT2D eigenvalue weighted by atomic mass is 9.94. The van der Waals surface area contributed by atoms with Crippen molar-refractivity contribution in [3.63, 3.8) is 0 Å². The molecule has 0 bridgehead atoms. The van der Waals surface area contributed by atoms with Gasteiger partial charge in [0.15, 0.2) is 5.78 Å². The van der Waals surface area contributed by atoms with Crippen molar-refractivity contribution in [2.24, 2.45) is 0 Å². The summed E-state index contributed by atoms with van der Waals surface area (Å²) >= 11 is 0. The molecular weight excluding hydrogens is 464 g/mol. The molecule has 0 saturated heterocycles. The van der Waals surface area contributed by atoms with Crippen molar-refractivity contribution in [3.05, 3.63) is 52.8 Å². The zero-order chi connectivity index (χ0) is 26.2. The highest BCUT2D eigenvalue weighted by atomic mass is 16.5. The second-order valence-corrected chi connectivity index (χ2v) is 9.33. The Balaban J connectivity index is 1.71. The molecule has 0 radical (unpaired) electrons. The first-order valence-electron chi connectivity index (χ1n) is 12.3. The second-order valence-electron chi connectivity index (χ2n) is 9.33. The van der Waals surface area contributed by atoms with Crippen LogP contribution in [0.25, 0.3) is 0 Å². The molecule has 2 aliphatic rings. The van der Waals surface area contributed by atoms with Crippen LogP contribution in [0.15, 0.2) is 47.3 Å². The summed E-state index contributed by atoms with van der Waals surface area (Å²) < 4.78 is 28.0. The summed E-state index contributed by atoms with van der Waals surface area (Å²) in [5, 5.41) is 20.9. The summed E-state index contributed by atoms with van der Waals surface area (Å²) in [7, 11) is 4.85. The van der Waals surface area contributed by atoms with Gasteiger partial charge in [0.25, 0.3) is 0 Å². The lowest BCUT2D eigenvalue weighted by molar-refractivity contribution is -0.00291. The van der Waals surface area contributed by atoms with Crippen LogP contribution >= 0.6 is 0 Å². The number of phenolic OH excluding ortho intramolecular Hbond substituents is 1. The van der Waals surface area contributed by atoms with Gasteiger partial charge in [-0.15, -0.1) is 0 Å². The second kappa shape index (κ2) is 12.9. The van der Waals surface area contributed by atoms with Gasteiger partial charge in [0, 0.05) is 39.2 Å². The van der Waals surface area contributed by atoms with E-state index in [0.717, 1.165) is 23.3 Å². The lowest BCUT2D eigenvalue weighted by Crippen LogP contribution is -2.32. The van der Waals surface area contributed by atoms with Gasteiger partial charge < -0.3 is 33.9 Å². The summed E-state index contributed by atoms with van der Waals surface area (Å²) in [6, 6.07) is 2.84. The van der Waals surface area contributed by atoms with E-state index in [1.54, 1.807) is 28.3 Å². The van der Waals surface area contributed by atoms with Crippen molar-refractivity contribution < 1.29 is 38.7 Å². The minimum absolute atomic E-state index is 0.0708. The number of aliphatic hydroxyl groups excluding tert-OH is 1. The minimum Gasteiger partial charge on any atom is -0.508 e. The number of rotatable bonds is 12. The number of allylic oxidation sites excluding steroid dienone is 4. The van der Waals surface area contributed by atoms with Crippen LogP contribution in [0.3, 0.4) is 0 Å². The number of aliphatic hydroxyl groups is 1. The van der Waals surface area contributed by atoms with E-state index in [-0.39, 0.29) is 35.9 Å². The number of ketones is 1. The van der Waals surface area contributed by atoms with E-state index in [0.29, 0.717) is 37.2 Å². The Morgan fingerprint density at radius 1 is 1.19 bits per heavy atom. The molecule has 36 heavy (non-hydrogen) atoms. The maximum absolute atomic E-state index is 13.2. The van der Waals surface area contributed by atoms with E-state index in [9.17, 15) is 15.0 Å². The van der Waals surface area contributed by atoms with Gasteiger partial charge in [0.1, 0.15) is 40.8 Å². The standard InChI is InChI=1S/C28H38O8/c1-17-11-19(7-6-8-25(17)34-5)12-22-15-24(31)28-26(13-20(29)14-27(28)36-22)35-18(2)23(30)10-9-21(33-4)16-32-3/h6,8,11,13-14,18,21-23,29-30H,7,9-10,12,15-16H2,1-5H3/t18?,21?,22?,23-/m0/s1. The average Bonchev–Trinajstić information content (AvgIpc) is 3.00. The van der Waals surface area contributed by atoms with E-state index in [2.05, 4.69) is 6.08 Å². The number of hydrogen-bond acceptors (Lipinski definition) is 8. The van der Waals surface area contributed by atoms with Crippen molar-refractivity contribution in [3.8, 4) is 17.2 Å². The van der Waals surface area contributed by atoms with Crippen molar-refractivity contribution >= 4 is 5.78 Å². The fourth-order valence-electron chi connectivity index (χ4n) is 4.55. The van der Waals surface area contributed by atoms with E-state index < -0.39 is 12.2 Å². The molecule has 8 heteroatoms. The molecule has 1 heterocycles. The molecule has 1 aromatic carbocycles. The fourth-order valence-corrected chi connectivity index (χ4v) is 4.55. The summed E-state index contributed by atoms with van der Waals surface area (Å²) in [5.41, 5.74) is 2.45. The van der Waals surface area contributed by atoms with Crippen LogP contribution in [0.5, 0.6) is 17.2 Å². The minimum atomic E-state index is -0.798. The largest absolute Gasteiger partial charge is 0.508 e. The number of fused-ring (bicyclic) bond motifs is 1. The van der Waals surface area contributed by atoms with Gasteiger partial charge in [-0.05, 0) is 44.8 Å². The first kappa shape index (κ1) is 27.8. The molecule has 8 nitrogen and oxygen atoms in total. The molecule has 0 aromatic heterocycles. The van der Waals surface area contributed by atoms with Crippen molar-refractivity contribution in [1.29, 1.82) is 0 Å². The zero-order valence-electron chi connectivity index (χ0n) is 21.8. The molecule has 1 aliphatic carbocycles. The number of phenols is 1. The third-order valence-corrected chi connectivity index (χ3v) is 6.53. The van der Waals surface area contributed by atoms with Gasteiger partial charge in [0.05, 0.1) is 25.9 Å². The number of carbonyl (C=O) groups is 1. The number of ether oxygens (including phenoxy) is 5. The molecule has 2 N–H and O–H groups in total. The maximum atomic E-state index is 13.2. The molecule has 3 rings (SSSR count). The van der Waals surface area contributed by atoms with Crippen molar-refractivity contribution in [2.75, 3.05) is 27.9 Å².